The van der Waals surface area contributed by atoms with Gasteiger partial charge in [-0.15, -0.1) is 10.2 Å². The van der Waals surface area contributed by atoms with Crippen LogP contribution in [-0.4, -0.2) is 50.5 Å². The number of aromatic nitrogens is 4. The molecule has 9 heteroatoms. The van der Waals surface area contributed by atoms with E-state index in [9.17, 15) is 9.59 Å². The van der Waals surface area contributed by atoms with Gasteiger partial charge in [-0.05, 0) is 31.4 Å². The van der Waals surface area contributed by atoms with Gasteiger partial charge in [0.25, 0.3) is 0 Å². The van der Waals surface area contributed by atoms with Gasteiger partial charge in [-0.3, -0.25) is 4.79 Å². The molecule has 0 unspecified atom stereocenters. The number of H-pyrrole nitrogens is 1. The second-order valence-electron chi connectivity index (χ2n) is 7.13. The van der Waals surface area contributed by atoms with Gasteiger partial charge in [-0.2, -0.15) is 0 Å². The Hall–Kier alpha value is -2.81. The number of hydrogen-bond donors (Lipinski definition) is 2. The minimum Gasteiger partial charge on any atom is -0.467 e. The first-order valence-electron chi connectivity index (χ1n) is 9.53. The second kappa shape index (κ2) is 8.28. The maximum absolute atomic E-state index is 12.5. The molecule has 1 saturated carbocycles. The minimum atomic E-state index is -0.754. The SMILES string of the molecule is COC(=O)[C@@H](Cc1c[nH]c2ccccc12)NC(=O)CSc1nnc(C)n1C1CC1. The number of hydrogen-bond acceptors (Lipinski definition) is 6. The monoisotopic (exact) mass is 413 g/mol. The van der Waals surface area contributed by atoms with Crippen molar-refractivity contribution in [1.29, 1.82) is 0 Å². The maximum Gasteiger partial charge on any atom is 0.328 e. The van der Waals surface area contributed by atoms with E-state index in [0.717, 1.165) is 40.3 Å². The molecule has 2 heterocycles. The van der Waals surface area contributed by atoms with E-state index in [1.54, 1.807) is 0 Å². The summed E-state index contributed by atoms with van der Waals surface area (Å²) >= 11 is 1.34. The summed E-state index contributed by atoms with van der Waals surface area (Å²) in [7, 11) is 1.33. The van der Waals surface area contributed by atoms with Crippen molar-refractivity contribution in [3.8, 4) is 0 Å². The minimum absolute atomic E-state index is 0.159. The van der Waals surface area contributed by atoms with Crippen LogP contribution in [0.1, 0.15) is 30.3 Å². The number of esters is 1. The zero-order valence-corrected chi connectivity index (χ0v) is 17.2. The highest BCUT2D eigenvalue weighted by atomic mass is 32.2. The van der Waals surface area contributed by atoms with Crippen molar-refractivity contribution in [3.05, 3.63) is 41.9 Å². The molecule has 29 heavy (non-hydrogen) atoms. The molecule has 4 rings (SSSR count). The van der Waals surface area contributed by atoms with E-state index < -0.39 is 12.0 Å². The molecule has 1 aliphatic carbocycles. The highest BCUT2D eigenvalue weighted by Gasteiger charge is 2.29. The van der Waals surface area contributed by atoms with Crippen molar-refractivity contribution in [3.63, 3.8) is 0 Å². The normalized spacial score (nSPS) is 14.7. The summed E-state index contributed by atoms with van der Waals surface area (Å²) in [5.74, 6) is 0.313. The molecule has 0 radical (unpaired) electrons. The van der Waals surface area contributed by atoms with E-state index in [0.29, 0.717) is 12.5 Å². The Balaban J connectivity index is 1.41. The summed E-state index contributed by atoms with van der Waals surface area (Å²) in [6, 6.07) is 7.54. The van der Waals surface area contributed by atoms with E-state index in [1.165, 1.54) is 18.9 Å². The van der Waals surface area contributed by atoms with Gasteiger partial charge in [0.05, 0.1) is 12.9 Å². The largest absolute Gasteiger partial charge is 0.467 e. The zero-order valence-electron chi connectivity index (χ0n) is 16.3. The molecule has 0 spiro atoms. The topological polar surface area (TPSA) is 102 Å². The van der Waals surface area contributed by atoms with Gasteiger partial charge in [0.2, 0.25) is 5.91 Å². The molecule has 0 aliphatic heterocycles. The molecule has 1 atom stereocenters. The van der Waals surface area contributed by atoms with Gasteiger partial charge >= 0.3 is 5.97 Å². The molecule has 2 N–H and O–H groups in total. The van der Waals surface area contributed by atoms with Gasteiger partial charge in [0.15, 0.2) is 5.16 Å². The van der Waals surface area contributed by atoms with Crippen LogP contribution in [0.5, 0.6) is 0 Å². The average molecular weight is 414 g/mol. The smallest absolute Gasteiger partial charge is 0.328 e. The number of para-hydroxylation sites is 1. The number of ether oxygens (including phenoxy) is 1. The van der Waals surface area contributed by atoms with Crippen LogP contribution in [0.2, 0.25) is 0 Å². The molecule has 1 amide bonds. The number of fused-ring (bicyclic) bond motifs is 1. The fourth-order valence-corrected chi connectivity index (χ4v) is 4.29. The summed E-state index contributed by atoms with van der Waals surface area (Å²) in [5.41, 5.74) is 1.94. The number of thioether (sulfide) groups is 1. The lowest BCUT2D eigenvalue weighted by Crippen LogP contribution is -2.43. The molecule has 1 aliphatic rings. The number of aryl methyl sites for hydroxylation is 1. The Morgan fingerprint density at radius 3 is 2.90 bits per heavy atom. The summed E-state index contributed by atoms with van der Waals surface area (Å²) in [4.78, 5) is 28.0. The Kier molecular flexibility index (Phi) is 5.57. The number of aromatic amines is 1. The summed E-state index contributed by atoms with van der Waals surface area (Å²) in [5, 5.41) is 12.9. The molecule has 0 saturated heterocycles. The predicted octanol–water partition coefficient (Wildman–Crippen LogP) is 2.40. The molecule has 0 bridgehead atoms. The quantitative estimate of drug-likeness (QED) is 0.434. The highest BCUT2D eigenvalue weighted by Crippen LogP contribution is 2.38. The average Bonchev–Trinajstić information content (AvgIpc) is 3.38. The fraction of sp³-hybridized carbons (Fsp3) is 0.400. The van der Waals surface area contributed by atoms with Crippen LogP contribution >= 0.6 is 11.8 Å². The number of carbonyl (C=O) groups is 2. The number of benzene rings is 1. The van der Waals surface area contributed by atoms with Gasteiger partial charge in [0.1, 0.15) is 11.9 Å². The van der Waals surface area contributed by atoms with Gasteiger partial charge < -0.3 is 19.6 Å². The van der Waals surface area contributed by atoms with E-state index in [2.05, 4.69) is 25.1 Å². The Morgan fingerprint density at radius 2 is 2.14 bits per heavy atom. The number of methoxy groups -OCH3 is 1. The third kappa shape index (κ3) is 4.29. The second-order valence-corrected chi connectivity index (χ2v) is 8.07. The number of nitrogens with zero attached hydrogens (tertiary/aromatic N) is 3. The fourth-order valence-electron chi connectivity index (χ4n) is 3.42. The molecule has 3 aromatic rings. The third-order valence-corrected chi connectivity index (χ3v) is 5.94. The lowest BCUT2D eigenvalue weighted by molar-refractivity contribution is -0.144. The zero-order chi connectivity index (χ0) is 20.4. The van der Waals surface area contributed by atoms with Gasteiger partial charge in [-0.1, -0.05) is 30.0 Å². The first-order chi connectivity index (χ1) is 14.1. The third-order valence-electron chi connectivity index (χ3n) is 5.00. The van der Waals surface area contributed by atoms with Crippen LogP contribution in [-0.2, 0) is 20.7 Å². The van der Waals surface area contributed by atoms with Crippen molar-refractivity contribution in [2.45, 2.75) is 43.4 Å². The van der Waals surface area contributed by atoms with Crippen molar-refractivity contribution < 1.29 is 14.3 Å². The maximum atomic E-state index is 12.5. The van der Waals surface area contributed by atoms with Crippen LogP contribution in [0.4, 0.5) is 0 Å². The number of amides is 1. The Bertz CT molecular complexity index is 1040. The van der Waals surface area contributed by atoms with E-state index in [-0.39, 0.29) is 11.7 Å². The van der Waals surface area contributed by atoms with Crippen LogP contribution in [0, 0.1) is 6.92 Å². The van der Waals surface area contributed by atoms with Crippen molar-refractivity contribution in [1.82, 2.24) is 25.1 Å². The highest BCUT2D eigenvalue weighted by molar-refractivity contribution is 7.99. The molecule has 2 aromatic heterocycles. The van der Waals surface area contributed by atoms with Gasteiger partial charge in [-0.25, -0.2) is 4.79 Å². The lowest BCUT2D eigenvalue weighted by atomic mass is 10.0. The number of rotatable bonds is 8. The predicted molar refractivity (Wildman–Crippen MR) is 110 cm³/mol. The summed E-state index contributed by atoms with van der Waals surface area (Å²) in [6.45, 7) is 1.92. The molecule has 8 nitrogen and oxygen atoms in total. The number of carbonyl (C=O) groups excluding carboxylic acids is 2. The Labute approximate surface area is 172 Å². The van der Waals surface area contributed by atoms with Crippen LogP contribution < -0.4 is 5.32 Å². The summed E-state index contributed by atoms with van der Waals surface area (Å²) < 4.78 is 6.99. The van der Waals surface area contributed by atoms with E-state index in [4.69, 9.17) is 4.74 Å². The molecule has 1 aromatic carbocycles. The van der Waals surface area contributed by atoms with Crippen molar-refractivity contribution in [2.75, 3.05) is 12.9 Å². The van der Waals surface area contributed by atoms with E-state index in [1.807, 2.05) is 37.4 Å². The van der Waals surface area contributed by atoms with Crippen LogP contribution in [0.25, 0.3) is 10.9 Å². The number of nitrogens with one attached hydrogen (secondary N) is 2. The molecule has 152 valence electrons. The lowest BCUT2D eigenvalue weighted by Gasteiger charge is -2.16. The summed E-state index contributed by atoms with van der Waals surface area (Å²) in [6.07, 6.45) is 4.45. The standard InChI is InChI=1S/C20H23N5O3S/c1-12-23-24-20(25(12)14-7-8-14)29-11-18(26)22-17(19(27)28-2)9-13-10-21-16-6-4-3-5-15(13)16/h3-6,10,14,17,21H,7-9,11H2,1-2H3,(H,22,26)/t17-/m1/s1. The Morgan fingerprint density at radius 1 is 1.34 bits per heavy atom. The molecule has 1 fully saturated rings. The molecular formula is C20H23N5O3S. The first-order valence-corrected chi connectivity index (χ1v) is 10.5. The molecular weight excluding hydrogens is 390 g/mol. The van der Waals surface area contributed by atoms with Gasteiger partial charge in [0, 0.05) is 29.6 Å². The van der Waals surface area contributed by atoms with Crippen molar-refractivity contribution in [2.24, 2.45) is 0 Å². The van der Waals surface area contributed by atoms with Crippen LogP contribution in [0.3, 0.4) is 0 Å². The van der Waals surface area contributed by atoms with Crippen molar-refractivity contribution >= 4 is 34.5 Å². The first kappa shape index (κ1) is 19.5. The van der Waals surface area contributed by atoms with Crippen LogP contribution in [0.15, 0.2) is 35.6 Å². The van der Waals surface area contributed by atoms with E-state index >= 15 is 0 Å².